The molecule has 0 aliphatic heterocycles. The van der Waals surface area contributed by atoms with E-state index in [0.717, 1.165) is 0 Å². The number of nitrogens with zero attached hydrogens (tertiary/aromatic N) is 1. The Kier molecular flexibility index (Phi) is 3.07. The molecule has 1 rings (SSSR count). The summed E-state index contributed by atoms with van der Waals surface area (Å²) in [5.41, 5.74) is 0. The second-order valence-electron chi connectivity index (χ2n) is 1.56. The molecule has 0 bridgehead atoms. The lowest BCUT2D eigenvalue weighted by Crippen LogP contribution is -1.76. The highest BCUT2D eigenvalue weighted by Gasteiger charge is 2.01. The maximum absolute atomic E-state index is 4.77. The maximum atomic E-state index is 4.77. The van der Waals surface area contributed by atoms with Crippen LogP contribution in [0.3, 0.4) is 0 Å². The standard InChI is InChI=1S/C4H7NO3P2/c9-6-2-3-1-4(8-10)5-7-3/h1H,2,9-10H2. The molecule has 1 heterocycles. The van der Waals surface area contributed by atoms with E-state index in [-0.39, 0.29) is 0 Å². The van der Waals surface area contributed by atoms with Gasteiger partial charge < -0.3 is 13.6 Å². The lowest BCUT2D eigenvalue weighted by atomic mass is 10.5. The molecular formula is C4H7NO3P2. The zero-order chi connectivity index (χ0) is 7.40. The largest absolute Gasteiger partial charge is 0.461 e. The molecule has 0 spiro atoms. The number of hydrogen-bond donors (Lipinski definition) is 0. The van der Waals surface area contributed by atoms with Crippen molar-refractivity contribution in [1.82, 2.24) is 5.16 Å². The highest BCUT2D eigenvalue weighted by atomic mass is 31.0. The van der Waals surface area contributed by atoms with E-state index in [4.69, 9.17) is 13.6 Å². The highest BCUT2D eigenvalue weighted by Crippen LogP contribution is 2.14. The van der Waals surface area contributed by atoms with Crippen LogP contribution in [0.4, 0.5) is 0 Å². The summed E-state index contributed by atoms with van der Waals surface area (Å²) in [7, 11) is 4.19. The summed E-state index contributed by atoms with van der Waals surface area (Å²) in [5.74, 6) is 1.06. The van der Waals surface area contributed by atoms with Crippen molar-refractivity contribution in [2.45, 2.75) is 6.61 Å². The first-order chi connectivity index (χ1) is 4.86. The highest BCUT2D eigenvalue weighted by molar-refractivity contribution is 7.10. The van der Waals surface area contributed by atoms with Crippen molar-refractivity contribution in [1.29, 1.82) is 0 Å². The quantitative estimate of drug-likeness (QED) is 0.653. The van der Waals surface area contributed by atoms with Crippen LogP contribution in [0.25, 0.3) is 0 Å². The minimum absolute atomic E-state index is 0.381. The molecule has 4 nitrogen and oxygen atoms in total. The van der Waals surface area contributed by atoms with Gasteiger partial charge in [-0.25, -0.2) is 0 Å². The molecule has 2 unspecified atom stereocenters. The van der Waals surface area contributed by atoms with Crippen LogP contribution in [0.15, 0.2) is 10.6 Å². The number of aromatic nitrogens is 1. The van der Waals surface area contributed by atoms with Crippen LogP contribution < -0.4 is 4.52 Å². The van der Waals surface area contributed by atoms with Gasteiger partial charge in [0.1, 0.15) is 6.61 Å². The molecule has 0 saturated carbocycles. The summed E-state index contributed by atoms with van der Waals surface area (Å²) in [4.78, 5) is 0. The van der Waals surface area contributed by atoms with Gasteiger partial charge in [-0.1, -0.05) is 0 Å². The molecule has 0 fully saturated rings. The molecule has 0 aliphatic carbocycles. The van der Waals surface area contributed by atoms with Gasteiger partial charge in [0.25, 0.3) is 5.88 Å². The molecular weight excluding hydrogens is 172 g/mol. The molecule has 0 aromatic carbocycles. The normalized spacial score (nSPS) is 9.80. The third-order valence-electron chi connectivity index (χ3n) is 0.884. The second kappa shape index (κ2) is 3.87. The van der Waals surface area contributed by atoms with Crippen LogP contribution in [0.2, 0.25) is 0 Å². The van der Waals surface area contributed by atoms with Crippen LogP contribution >= 0.6 is 18.9 Å². The first-order valence-electron chi connectivity index (χ1n) is 2.51. The molecule has 2 atom stereocenters. The fraction of sp³-hybridized carbons (Fsp3) is 0.250. The smallest absolute Gasteiger partial charge is 0.256 e. The van der Waals surface area contributed by atoms with Gasteiger partial charge in [-0.15, -0.1) is 0 Å². The zero-order valence-corrected chi connectivity index (χ0v) is 7.42. The first kappa shape index (κ1) is 7.93. The molecule has 0 amide bonds. The summed E-state index contributed by atoms with van der Waals surface area (Å²) >= 11 is 0. The van der Waals surface area contributed by atoms with Crippen molar-refractivity contribution in [3.63, 3.8) is 0 Å². The van der Waals surface area contributed by atoms with Crippen LogP contribution in [0.1, 0.15) is 5.76 Å². The van der Waals surface area contributed by atoms with Gasteiger partial charge in [-0.3, -0.25) is 0 Å². The minimum Gasteiger partial charge on any atom is -0.461 e. The SMILES string of the molecule is POCc1cc(OP)no1. The van der Waals surface area contributed by atoms with Crippen LogP contribution in [-0.4, -0.2) is 5.16 Å². The van der Waals surface area contributed by atoms with E-state index in [9.17, 15) is 0 Å². The fourth-order valence-electron chi connectivity index (χ4n) is 0.500. The summed E-state index contributed by atoms with van der Waals surface area (Å²) in [6, 6.07) is 1.65. The van der Waals surface area contributed by atoms with E-state index in [1.165, 1.54) is 0 Å². The van der Waals surface area contributed by atoms with Crippen molar-refractivity contribution in [3.8, 4) is 5.88 Å². The minimum atomic E-state index is 0.381. The van der Waals surface area contributed by atoms with Crippen LogP contribution in [-0.2, 0) is 11.1 Å². The van der Waals surface area contributed by atoms with Gasteiger partial charge in [-0.05, 0) is 5.16 Å². The summed E-state index contributed by atoms with van der Waals surface area (Å²) in [5, 5.41) is 3.55. The summed E-state index contributed by atoms with van der Waals surface area (Å²) < 4.78 is 14.2. The molecule has 56 valence electrons. The Morgan fingerprint density at radius 3 is 2.90 bits per heavy atom. The van der Waals surface area contributed by atoms with Crippen molar-refractivity contribution in [3.05, 3.63) is 11.8 Å². The predicted octanol–water partition coefficient (Wildman–Crippen LogP) is 1.15. The topological polar surface area (TPSA) is 44.5 Å². The average molecular weight is 179 g/mol. The maximum Gasteiger partial charge on any atom is 0.256 e. The molecule has 0 aliphatic rings. The Morgan fingerprint density at radius 1 is 1.60 bits per heavy atom. The lowest BCUT2D eigenvalue weighted by molar-refractivity contribution is 0.277. The van der Waals surface area contributed by atoms with Crippen molar-refractivity contribution < 1.29 is 13.6 Å². The summed E-state index contributed by atoms with van der Waals surface area (Å²) in [6.45, 7) is 0.381. The van der Waals surface area contributed by atoms with E-state index in [2.05, 4.69) is 24.1 Å². The second-order valence-corrected chi connectivity index (χ2v) is 2.13. The summed E-state index contributed by atoms with van der Waals surface area (Å²) in [6.07, 6.45) is 0. The lowest BCUT2D eigenvalue weighted by Gasteiger charge is -1.86. The third kappa shape index (κ3) is 1.91. The van der Waals surface area contributed by atoms with Gasteiger partial charge in [0.05, 0.1) is 9.47 Å². The van der Waals surface area contributed by atoms with Gasteiger partial charge in [0.2, 0.25) is 0 Å². The molecule has 6 heteroatoms. The van der Waals surface area contributed by atoms with E-state index >= 15 is 0 Å². The molecule has 10 heavy (non-hydrogen) atoms. The van der Waals surface area contributed by atoms with Crippen LogP contribution in [0.5, 0.6) is 5.88 Å². The number of hydrogen-bond acceptors (Lipinski definition) is 4. The predicted molar refractivity (Wildman–Crippen MR) is 41.3 cm³/mol. The van der Waals surface area contributed by atoms with Crippen molar-refractivity contribution in [2.24, 2.45) is 0 Å². The number of rotatable bonds is 3. The van der Waals surface area contributed by atoms with E-state index in [1.807, 2.05) is 0 Å². The molecule has 0 N–H and O–H groups in total. The van der Waals surface area contributed by atoms with Gasteiger partial charge in [-0.2, -0.15) is 0 Å². The fourth-order valence-corrected chi connectivity index (χ4v) is 0.775. The Bertz CT molecular complexity index is 202. The monoisotopic (exact) mass is 179 g/mol. The third-order valence-corrected chi connectivity index (χ3v) is 1.29. The molecule has 1 aromatic heterocycles. The van der Waals surface area contributed by atoms with Gasteiger partial charge in [0, 0.05) is 15.5 Å². The Morgan fingerprint density at radius 2 is 2.40 bits per heavy atom. The molecule has 1 aromatic rings. The first-order valence-corrected chi connectivity index (χ1v) is 3.45. The van der Waals surface area contributed by atoms with Crippen molar-refractivity contribution in [2.75, 3.05) is 0 Å². The van der Waals surface area contributed by atoms with E-state index < -0.39 is 0 Å². The Hall–Kier alpha value is -0.170. The Balaban J connectivity index is 2.59. The molecule has 0 saturated heterocycles. The van der Waals surface area contributed by atoms with Gasteiger partial charge >= 0.3 is 0 Å². The van der Waals surface area contributed by atoms with Gasteiger partial charge in [0.15, 0.2) is 5.76 Å². The van der Waals surface area contributed by atoms with Crippen LogP contribution in [0, 0.1) is 0 Å². The molecule has 0 radical (unpaired) electrons. The van der Waals surface area contributed by atoms with Crippen molar-refractivity contribution >= 4 is 18.9 Å². The Labute approximate surface area is 62.8 Å². The van der Waals surface area contributed by atoms with E-state index in [1.54, 1.807) is 6.07 Å². The zero-order valence-electron chi connectivity index (χ0n) is 5.11. The average Bonchev–Trinajstić information content (AvgIpc) is 2.37. The van der Waals surface area contributed by atoms with E-state index in [0.29, 0.717) is 18.2 Å².